The number of rotatable bonds is 5. The molecule has 5 rings (SSSR count). The van der Waals surface area contributed by atoms with Crippen molar-refractivity contribution in [1.82, 2.24) is 24.9 Å². The average Bonchev–Trinajstić information content (AvgIpc) is 2.84. The molecular formula is C23H20FN7O2S. The van der Waals surface area contributed by atoms with Crippen LogP contribution >= 0.6 is 0 Å². The van der Waals surface area contributed by atoms with Crippen LogP contribution in [0.15, 0.2) is 72.0 Å². The highest BCUT2D eigenvalue weighted by Gasteiger charge is 2.28. The molecule has 34 heavy (non-hydrogen) atoms. The van der Waals surface area contributed by atoms with Gasteiger partial charge in [-0.3, -0.25) is 4.72 Å². The highest BCUT2D eigenvalue weighted by molar-refractivity contribution is 7.92. The number of aromatic nitrogens is 5. The Labute approximate surface area is 195 Å². The van der Waals surface area contributed by atoms with Gasteiger partial charge in [0.2, 0.25) is 0 Å². The number of nitrogens with zero attached hydrogens (tertiary/aromatic N) is 6. The van der Waals surface area contributed by atoms with Crippen molar-refractivity contribution < 1.29 is 12.8 Å². The zero-order valence-electron chi connectivity index (χ0n) is 18.1. The van der Waals surface area contributed by atoms with Crippen molar-refractivity contribution in [2.45, 2.75) is 24.3 Å². The van der Waals surface area contributed by atoms with E-state index in [1.165, 1.54) is 18.2 Å². The smallest absolute Gasteiger partial charge is 0.263 e. The maximum Gasteiger partial charge on any atom is 0.263 e. The summed E-state index contributed by atoms with van der Waals surface area (Å²) in [7, 11) is -3.90. The summed E-state index contributed by atoms with van der Waals surface area (Å²) < 4.78 is 42.2. The normalized spacial score (nSPS) is 15.6. The fourth-order valence-corrected chi connectivity index (χ4v) is 4.89. The van der Waals surface area contributed by atoms with Crippen molar-refractivity contribution in [1.29, 1.82) is 0 Å². The minimum atomic E-state index is -3.90. The van der Waals surface area contributed by atoms with E-state index in [0.717, 1.165) is 17.3 Å². The lowest BCUT2D eigenvalue weighted by Crippen LogP contribution is -2.35. The van der Waals surface area contributed by atoms with Crippen molar-refractivity contribution >= 4 is 21.7 Å². The van der Waals surface area contributed by atoms with Gasteiger partial charge < -0.3 is 4.90 Å². The molecule has 1 aromatic carbocycles. The summed E-state index contributed by atoms with van der Waals surface area (Å²) in [5, 5.41) is 0. The second kappa shape index (κ2) is 8.75. The number of hydrogen-bond donors (Lipinski definition) is 1. The Morgan fingerprint density at radius 2 is 1.76 bits per heavy atom. The van der Waals surface area contributed by atoms with Gasteiger partial charge in [0.05, 0.1) is 16.6 Å². The quantitative estimate of drug-likeness (QED) is 0.465. The van der Waals surface area contributed by atoms with Crippen LogP contribution in [0.5, 0.6) is 0 Å². The summed E-state index contributed by atoms with van der Waals surface area (Å²) in [5.41, 5.74) is 1.74. The van der Waals surface area contributed by atoms with Crippen LogP contribution in [-0.4, -0.2) is 39.9 Å². The summed E-state index contributed by atoms with van der Waals surface area (Å²) in [6.45, 7) is 2.46. The first-order chi connectivity index (χ1) is 16.4. The number of sulfonamides is 1. The third-order valence-corrected chi connectivity index (χ3v) is 6.91. The topological polar surface area (TPSA) is 114 Å². The van der Waals surface area contributed by atoms with Gasteiger partial charge in [-0.2, -0.15) is 0 Å². The van der Waals surface area contributed by atoms with Crippen LogP contribution in [0, 0.1) is 5.82 Å². The molecule has 0 spiro atoms. The molecule has 11 heteroatoms. The highest BCUT2D eigenvalue weighted by Crippen LogP contribution is 2.33. The number of halogens is 1. The van der Waals surface area contributed by atoms with Crippen LogP contribution in [0.1, 0.15) is 24.2 Å². The van der Waals surface area contributed by atoms with E-state index < -0.39 is 15.8 Å². The molecule has 4 aromatic rings. The van der Waals surface area contributed by atoms with E-state index in [1.807, 2.05) is 11.8 Å². The van der Waals surface area contributed by atoms with Crippen molar-refractivity contribution in [3.05, 3.63) is 84.2 Å². The Balaban J connectivity index is 1.42. The van der Waals surface area contributed by atoms with E-state index in [9.17, 15) is 12.8 Å². The van der Waals surface area contributed by atoms with Gasteiger partial charge in [-0.25, -0.2) is 37.7 Å². The summed E-state index contributed by atoms with van der Waals surface area (Å²) in [5.74, 6) is 0.523. The Morgan fingerprint density at radius 1 is 1.00 bits per heavy atom. The molecule has 9 nitrogen and oxygen atoms in total. The van der Waals surface area contributed by atoms with E-state index in [2.05, 4.69) is 29.6 Å². The van der Waals surface area contributed by atoms with Crippen molar-refractivity contribution in [3.63, 3.8) is 0 Å². The van der Waals surface area contributed by atoms with E-state index in [-0.39, 0.29) is 16.8 Å². The summed E-state index contributed by atoms with van der Waals surface area (Å²) in [4.78, 5) is 23.8. The van der Waals surface area contributed by atoms with E-state index >= 15 is 0 Å². The first-order valence-electron chi connectivity index (χ1n) is 10.6. The summed E-state index contributed by atoms with van der Waals surface area (Å²) in [6, 6.07) is 11.7. The first-order valence-corrected chi connectivity index (χ1v) is 12.0. The average molecular weight is 478 g/mol. The summed E-state index contributed by atoms with van der Waals surface area (Å²) >= 11 is 0. The maximum atomic E-state index is 14.5. The molecule has 0 radical (unpaired) electrons. The first kappa shape index (κ1) is 21.8. The van der Waals surface area contributed by atoms with Crippen LogP contribution in [0.25, 0.3) is 11.6 Å². The van der Waals surface area contributed by atoms with Gasteiger partial charge >= 0.3 is 0 Å². The minimum Gasteiger partial charge on any atom is -0.349 e. The van der Waals surface area contributed by atoms with Crippen LogP contribution in [0.3, 0.4) is 0 Å². The van der Waals surface area contributed by atoms with E-state index in [4.69, 9.17) is 0 Å². The van der Waals surface area contributed by atoms with E-state index in [1.54, 1.807) is 42.9 Å². The lowest BCUT2D eigenvalue weighted by Gasteiger charge is -2.35. The molecule has 1 unspecified atom stereocenters. The molecule has 3 aromatic heterocycles. The SMILES string of the molecule is CC1c2cnc(-c3ncccn3)nc2CCN1c1cc(F)cc(NS(=O)(=O)c2ccccc2)n1. The van der Waals surface area contributed by atoms with Gasteiger partial charge in [0.25, 0.3) is 10.0 Å². The minimum absolute atomic E-state index is 0.0678. The monoisotopic (exact) mass is 477 g/mol. The Bertz CT molecular complexity index is 1440. The zero-order valence-corrected chi connectivity index (χ0v) is 18.9. The molecule has 4 heterocycles. The van der Waals surface area contributed by atoms with Gasteiger partial charge in [0.15, 0.2) is 11.6 Å². The van der Waals surface area contributed by atoms with Gasteiger partial charge in [-0.1, -0.05) is 18.2 Å². The third kappa shape index (κ3) is 4.29. The molecule has 1 N–H and O–H groups in total. The molecular weight excluding hydrogens is 457 g/mol. The van der Waals surface area contributed by atoms with Gasteiger partial charge in [0, 0.05) is 49.3 Å². The second-order valence-electron chi connectivity index (χ2n) is 7.73. The van der Waals surface area contributed by atoms with E-state index in [0.29, 0.717) is 30.4 Å². The summed E-state index contributed by atoms with van der Waals surface area (Å²) in [6.07, 6.45) is 5.57. The molecule has 0 amide bonds. The van der Waals surface area contributed by atoms with Gasteiger partial charge in [-0.15, -0.1) is 0 Å². The molecule has 172 valence electrons. The maximum absolute atomic E-state index is 14.5. The Hall–Kier alpha value is -3.99. The number of nitrogens with one attached hydrogen (secondary N) is 1. The standard InChI is InChI=1S/C23H20FN7O2S/c1-15-18-14-27-23(22-25-9-5-10-26-22)28-19(18)8-11-31(15)21-13-16(24)12-20(29-21)30-34(32,33)17-6-3-2-4-7-17/h2-7,9-10,12-15H,8,11H2,1H3,(H,29,30). The van der Waals surface area contributed by atoms with Crippen LogP contribution in [-0.2, 0) is 16.4 Å². The number of fused-ring (bicyclic) bond motifs is 1. The molecule has 0 saturated carbocycles. The lowest BCUT2D eigenvalue weighted by atomic mass is 9.99. The van der Waals surface area contributed by atoms with Crippen LogP contribution in [0.2, 0.25) is 0 Å². The largest absolute Gasteiger partial charge is 0.349 e. The lowest BCUT2D eigenvalue weighted by molar-refractivity contribution is 0.590. The molecule has 1 aliphatic heterocycles. The fraction of sp³-hybridized carbons (Fsp3) is 0.174. The molecule has 1 atom stereocenters. The number of pyridine rings is 1. The Kier molecular flexibility index (Phi) is 5.62. The molecule has 0 bridgehead atoms. The fourth-order valence-electron chi connectivity index (χ4n) is 3.88. The third-order valence-electron chi connectivity index (χ3n) is 5.54. The molecule has 0 saturated heterocycles. The van der Waals surface area contributed by atoms with Crippen molar-refractivity contribution in [3.8, 4) is 11.6 Å². The van der Waals surface area contributed by atoms with Crippen LogP contribution < -0.4 is 9.62 Å². The number of benzene rings is 1. The predicted molar refractivity (Wildman–Crippen MR) is 124 cm³/mol. The molecule has 0 aliphatic carbocycles. The Morgan fingerprint density at radius 3 is 2.53 bits per heavy atom. The van der Waals surface area contributed by atoms with Crippen molar-refractivity contribution in [2.75, 3.05) is 16.2 Å². The van der Waals surface area contributed by atoms with Crippen LogP contribution in [0.4, 0.5) is 16.0 Å². The van der Waals surface area contributed by atoms with Gasteiger partial charge in [0.1, 0.15) is 17.5 Å². The predicted octanol–water partition coefficient (Wildman–Crippen LogP) is 3.39. The van der Waals surface area contributed by atoms with Gasteiger partial charge in [-0.05, 0) is 25.1 Å². The second-order valence-corrected chi connectivity index (χ2v) is 9.42. The zero-order chi connectivity index (χ0) is 23.7. The van der Waals surface area contributed by atoms with Crippen molar-refractivity contribution in [2.24, 2.45) is 0 Å². The number of anilines is 2. The number of hydrogen-bond acceptors (Lipinski definition) is 8. The molecule has 1 aliphatic rings. The highest BCUT2D eigenvalue weighted by atomic mass is 32.2. The molecule has 0 fully saturated rings.